The molecule has 1 nitrogen and oxygen atoms in total. The molecule has 0 aliphatic heterocycles. The summed E-state index contributed by atoms with van der Waals surface area (Å²) >= 11 is 0. The Kier molecular flexibility index (Phi) is 3.74. The molecule has 0 amide bonds. The fourth-order valence-electron chi connectivity index (χ4n) is 3.14. The molecule has 0 saturated heterocycles. The van der Waals surface area contributed by atoms with Gasteiger partial charge in [-0.3, -0.25) is 4.79 Å². The number of benzene rings is 3. The average molecular weight is 276 g/mol. The Morgan fingerprint density at radius 2 is 1.43 bits per heavy atom. The lowest BCUT2D eigenvalue weighted by Crippen LogP contribution is -2.13. The van der Waals surface area contributed by atoms with Crippen molar-refractivity contribution in [1.29, 1.82) is 0 Å². The number of rotatable bonds is 4. The van der Waals surface area contributed by atoms with Crippen molar-refractivity contribution in [3.63, 3.8) is 0 Å². The van der Waals surface area contributed by atoms with E-state index >= 15 is 0 Å². The van der Waals surface area contributed by atoms with Crippen LogP contribution < -0.4 is 0 Å². The molecule has 0 N–H and O–H groups in total. The molecule has 106 valence electrons. The highest BCUT2D eigenvalue weighted by molar-refractivity contribution is 6.18. The van der Waals surface area contributed by atoms with Gasteiger partial charge in [-0.15, -0.1) is 0 Å². The van der Waals surface area contributed by atoms with Crippen LogP contribution in [0, 0.1) is 5.92 Å². The van der Waals surface area contributed by atoms with Crippen LogP contribution in [-0.4, -0.2) is 5.78 Å². The van der Waals surface area contributed by atoms with Crippen molar-refractivity contribution in [2.24, 2.45) is 5.92 Å². The molecule has 21 heavy (non-hydrogen) atoms. The average Bonchev–Trinajstić information content (AvgIpc) is 2.55. The van der Waals surface area contributed by atoms with Gasteiger partial charge >= 0.3 is 0 Å². The molecule has 1 heteroatoms. The number of hydrogen-bond donors (Lipinski definition) is 0. The topological polar surface area (TPSA) is 17.1 Å². The fourth-order valence-corrected chi connectivity index (χ4v) is 3.14. The maximum absolute atomic E-state index is 12.9. The summed E-state index contributed by atoms with van der Waals surface area (Å²) in [7, 11) is 0. The summed E-state index contributed by atoms with van der Waals surface area (Å²) in [4.78, 5) is 12.9. The van der Waals surface area contributed by atoms with Crippen LogP contribution >= 0.6 is 0 Å². The lowest BCUT2D eigenvalue weighted by atomic mass is 9.88. The number of Topliss-reactive ketones (excluding diaryl/α,β-unsaturated/α-hetero) is 1. The Morgan fingerprint density at radius 3 is 2.10 bits per heavy atom. The summed E-state index contributed by atoms with van der Waals surface area (Å²) in [6.07, 6.45) is 1.80. The first-order valence-corrected chi connectivity index (χ1v) is 7.71. The van der Waals surface area contributed by atoms with E-state index in [1.54, 1.807) is 0 Å². The van der Waals surface area contributed by atoms with Crippen LogP contribution in [0.3, 0.4) is 0 Å². The van der Waals surface area contributed by atoms with Crippen LogP contribution in [0.2, 0.25) is 0 Å². The van der Waals surface area contributed by atoms with Crippen molar-refractivity contribution in [1.82, 2.24) is 0 Å². The summed E-state index contributed by atoms with van der Waals surface area (Å²) < 4.78 is 0. The van der Waals surface area contributed by atoms with E-state index in [-0.39, 0.29) is 11.7 Å². The van der Waals surface area contributed by atoms with E-state index in [9.17, 15) is 4.79 Å². The van der Waals surface area contributed by atoms with Crippen LogP contribution in [0.15, 0.2) is 54.6 Å². The zero-order valence-electron chi connectivity index (χ0n) is 12.6. The van der Waals surface area contributed by atoms with Gasteiger partial charge in [0, 0.05) is 11.5 Å². The van der Waals surface area contributed by atoms with Crippen LogP contribution in [0.5, 0.6) is 0 Å². The first kappa shape index (κ1) is 13.8. The van der Waals surface area contributed by atoms with Crippen LogP contribution in [0.4, 0.5) is 0 Å². The lowest BCUT2D eigenvalue weighted by molar-refractivity contribution is 0.0915. The van der Waals surface area contributed by atoms with Gasteiger partial charge in [-0.2, -0.15) is 0 Å². The fraction of sp³-hybridized carbons (Fsp3) is 0.250. The first-order chi connectivity index (χ1) is 10.3. The second kappa shape index (κ2) is 5.69. The van der Waals surface area contributed by atoms with Crippen molar-refractivity contribution in [2.45, 2.75) is 26.7 Å². The van der Waals surface area contributed by atoms with Gasteiger partial charge in [-0.25, -0.2) is 0 Å². The van der Waals surface area contributed by atoms with Crippen LogP contribution in [0.1, 0.15) is 37.0 Å². The quantitative estimate of drug-likeness (QED) is 0.447. The number of carbonyl (C=O) groups excluding carboxylic acids is 1. The molecule has 0 radical (unpaired) electrons. The highest BCUT2D eigenvalue weighted by atomic mass is 16.1. The minimum atomic E-state index is 0.120. The zero-order valence-corrected chi connectivity index (χ0v) is 12.6. The first-order valence-electron chi connectivity index (χ1n) is 7.71. The third kappa shape index (κ3) is 2.33. The largest absolute Gasteiger partial charge is 0.294 e. The van der Waals surface area contributed by atoms with E-state index in [0.29, 0.717) is 0 Å². The predicted molar refractivity (Wildman–Crippen MR) is 89.9 cm³/mol. The molecular formula is C20H20O. The normalized spacial score (nSPS) is 11.4. The van der Waals surface area contributed by atoms with Gasteiger partial charge in [-0.05, 0) is 40.5 Å². The second-order valence-corrected chi connectivity index (χ2v) is 5.57. The van der Waals surface area contributed by atoms with Crippen molar-refractivity contribution in [3.8, 4) is 0 Å². The number of ketones is 1. The molecule has 0 saturated carbocycles. The summed E-state index contributed by atoms with van der Waals surface area (Å²) in [6, 6.07) is 18.6. The van der Waals surface area contributed by atoms with E-state index in [1.165, 1.54) is 10.8 Å². The van der Waals surface area contributed by atoms with Gasteiger partial charge in [0.2, 0.25) is 0 Å². The molecule has 0 fully saturated rings. The summed E-state index contributed by atoms with van der Waals surface area (Å²) in [5.74, 6) is 0.400. The van der Waals surface area contributed by atoms with Gasteiger partial charge in [0.25, 0.3) is 0 Å². The van der Waals surface area contributed by atoms with E-state index < -0.39 is 0 Å². The van der Waals surface area contributed by atoms with Crippen LogP contribution in [0.25, 0.3) is 21.5 Å². The molecule has 3 rings (SSSR count). The molecular weight excluding hydrogens is 256 g/mol. The molecule has 0 heterocycles. The maximum atomic E-state index is 12.9. The Bertz CT molecular complexity index is 797. The van der Waals surface area contributed by atoms with Gasteiger partial charge in [-0.1, -0.05) is 62.4 Å². The van der Waals surface area contributed by atoms with Crippen LogP contribution in [-0.2, 0) is 0 Å². The SMILES string of the molecule is CCC(CC)C(=O)c1cc2ccccc2c2ccccc12. The van der Waals surface area contributed by atoms with Gasteiger partial charge in [0.1, 0.15) is 0 Å². The van der Waals surface area contributed by atoms with E-state index in [1.807, 2.05) is 18.2 Å². The molecule has 0 aromatic heterocycles. The van der Waals surface area contributed by atoms with Crippen molar-refractivity contribution >= 4 is 27.3 Å². The Balaban J connectivity index is 2.32. The van der Waals surface area contributed by atoms with Crippen molar-refractivity contribution < 1.29 is 4.79 Å². The van der Waals surface area contributed by atoms with Gasteiger partial charge in [0.05, 0.1) is 0 Å². The molecule has 0 spiro atoms. The Morgan fingerprint density at radius 1 is 0.857 bits per heavy atom. The minimum absolute atomic E-state index is 0.120. The summed E-state index contributed by atoms with van der Waals surface area (Å²) in [5.41, 5.74) is 0.873. The molecule has 0 bridgehead atoms. The lowest BCUT2D eigenvalue weighted by Gasteiger charge is -2.14. The smallest absolute Gasteiger partial charge is 0.166 e. The predicted octanol–water partition coefficient (Wildman–Crippen LogP) is 5.61. The summed E-state index contributed by atoms with van der Waals surface area (Å²) in [6.45, 7) is 4.19. The van der Waals surface area contributed by atoms with Crippen molar-refractivity contribution in [2.75, 3.05) is 0 Å². The molecule has 0 unspecified atom stereocenters. The molecule has 3 aromatic rings. The monoisotopic (exact) mass is 276 g/mol. The molecule has 0 aliphatic rings. The highest BCUT2D eigenvalue weighted by Gasteiger charge is 2.19. The minimum Gasteiger partial charge on any atom is -0.294 e. The maximum Gasteiger partial charge on any atom is 0.166 e. The van der Waals surface area contributed by atoms with Crippen molar-refractivity contribution in [3.05, 3.63) is 60.2 Å². The number of carbonyl (C=O) groups is 1. The molecule has 0 atom stereocenters. The zero-order chi connectivity index (χ0) is 14.8. The molecule has 3 aromatic carbocycles. The standard InChI is InChI=1S/C20H20O/c1-3-14(4-2)20(21)19-13-15-9-5-6-10-16(15)17-11-7-8-12-18(17)19/h5-14H,3-4H2,1-2H3. The number of hydrogen-bond acceptors (Lipinski definition) is 1. The van der Waals surface area contributed by atoms with E-state index in [4.69, 9.17) is 0 Å². The summed E-state index contributed by atoms with van der Waals surface area (Å²) in [5, 5.41) is 4.61. The molecule has 0 aliphatic carbocycles. The van der Waals surface area contributed by atoms with E-state index in [0.717, 1.165) is 29.2 Å². The van der Waals surface area contributed by atoms with Gasteiger partial charge in [0.15, 0.2) is 5.78 Å². The Labute approximate surface area is 125 Å². The third-order valence-electron chi connectivity index (χ3n) is 4.39. The third-order valence-corrected chi connectivity index (χ3v) is 4.39. The highest BCUT2D eigenvalue weighted by Crippen LogP contribution is 2.30. The van der Waals surface area contributed by atoms with E-state index in [2.05, 4.69) is 50.2 Å². The second-order valence-electron chi connectivity index (χ2n) is 5.57. The Hall–Kier alpha value is -2.15. The number of fused-ring (bicyclic) bond motifs is 3. The van der Waals surface area contributed by atoms with Gasteiger partial charge < -0.3 is 0 Å².